The fourth-order valence-electron chi connectivity index (χ4n) is 1.42. The van der Waals surface area contributed by atoms with Crippen molar-refractivity contribution < 1.29 is 14.1 Å². The minimum absolute atomic E-state index is 0.0496. The molecule has 0 aromatic carbocycles. The first-order chi connectivity index (χ1) is 7.58. The molecule has 0 radical (unpaired) electrons. The molecular weight excluding hydrogens is 208 g/mol. The molecule has 0 amide bonds. The van der Waals surface area contributed by atoms with E-state index in [2.05, 4.69) is 10.1 Å². The zero-order valence-corrected chi connectivity index (χ0v) is 10.2. The molecule has 0 aliphatic carbocycles. The molecule has 1 unspecified atom stereocenters. The van der Waals surface area contributed by atoms with E-state index in [1.165, 1.54) is 0 Å². The lowest BCUT2D eigenvalue weighted by atomic mass is 10.0. The molecule has 0 saturated carbocycles. The van der Waals surface area contributed by atoms with Crippen LogP contribution in [0.4, 0.5) is 0 Å². The lowest BCUT2D eigenvalue weighted by Crippen LogP contribution is -2.18. The first-order valence-corrected chi connectivity index (χ1v) is 5.59. The molecule has 90 valence electrons. The third kappa shape index (κ3) is 3.05. The van der Waals surface area contributed by atoms with Crippen LogP contribution < -0.4 is 0 Å². The van der Waals surface area contributed by atoms with E-state index in [0.29, 0.717) is 11.7 Å². The number of nitrogens with zero attached hydrogens (tertiary/aromatic N) is 2. The summed E-state index contributed by atoms with van der Waals surface area (Å²) in [7, 11) is 0. The van der Waals surface area contributed by atoms with Gasteiger partial charge in [0.15, 0.2) is 11.9 Å². The Morgan fingerprint density at radius 2 is 2.06 bits per heavy atom. The molecule has 1 atom stereocenters. The number of aryl methyl sites for hydroxylation is 1. The Kier molecular flexibility index (Phi) is 4.46. The Morgan fingerprint density at radius 3 is 2.50 bits per heavy atom. The molecule has 0 saturated heterocycles. The van der Waals surface area contributed by atoms with Crippen LogP contribution in [0.15, 0.2) is 4.52 Å². The standard InChI is InChI=1S/C11H18N2O3/c1-5-9(6-2)11(14)15-7(3)10-12-8(4)13-16-10/h7,9H,5-6H2,1-4H3. The van der Waals surface area contributed by atoms with Gasteiger partial charge in [-0.05, 0) is 26.7 Å². The highest BCUT2D eigenvalue weighted by Crippen LogP contribution is 2.18. The van der Waals surface area contributed by atoms with Gasteiger partial charge in [0.05, 0.1) is 5.92 Å². The maximum atomic E-state index is 11.7. The molecule has 0 aliphatic rings. The van der Waals surface area contributed by atoms with Gasteiger partial charge in [-0.3, -0.25) is 4.79 Å². The normalized spacial score (nSPS) is 12.8. The third-order valence-corrected chi connectivity index (χ3v) is 2.50. The summed E-state index contributed by atoms with van der Waals surface area (Å²) in [5.74, 6) is 0.636. The van der Waals surface area contributed by atoms with E-state index in [9.17, 15) is 4.79 Å². The first-order valence-electron chi connectivity index (χ1n) is 5.59. The summed E-state index contributed by atoms with van der Waals surface area (Å²) < 4.78 is 10.2. The Bertz CT molecular complexity index is 345. The van der Waals surface area contributed by atoms with Gasteiger partial charge in [-0.15, -0.1) is 0 Å². The highest BCUT2D eigenvalue weighted by atomic mass is 16.6. The number of hydrogen-bond donors (Lipinski definition) is 0. The molecule has 1 aromatic heterocycles. The predicted molar refractivity (Wildman–Crippen MR) is 57.6 cm³/mol. The average Bonchev–Trinajstić information content (AvgIpc) is 2.66. The lowest BCUT2D eigenvalue weighted by Gasteiger charge is -2.14. The highest BCUT2D eigenvalue weighted by molar-refractivity contribution is 5.72. The van der Waals surface area contributed by atoms with Crippen LogP contribution in [0.25, 0.3) is 0 Å². The average molecular weight is 226 g/mol. The molecule has 0 bridgehead atoms. The van der Waals surface area contributed by atoms with Crippen molar-refractivity contribution in [1.82, 2.24) is 10.1 Å². The molecule has 16 heavy (non-hydrogen) atoms. The monoisotopic (exact) mass is 226 g/mol. The minimum Gasteiger partial charge on any atom is -0.452 e. The zero-order chi connectivity index (χ0) is 12.1. The van der Waals surface area contributed by atoms with Crippen molar-refractivity contribution in [2.24, 2.45) is 5.92 Å². The Morgan fingerprint density at radius 1 is 1.44 bits per heavy atom. The highest BCUT2D eigenvalue weighted by Gasteiger charge is 2.22. The van der Waals surface area contributed by atoms with Gasteiger partial charge < -0.3 is 9.26 Å². The van der Waals surface area contributed by atoms with Crippen molar-refractivity contribution in [3.8, 4) is 0 Å². The van der Waals surface area contributed by atoms with Crippen LogP contribution in [0.5, 0.6) is 0 Å². The molecule has 0 aliphatic heterocycles. The smallest absolute Gasteiger partial charge is 0.309 e. The number of aromatic nitrogens is 2. The summed E-state index contributed by atoms with van der Waals surface area (Å²) in [5, 5.41) is 3.65. The van der Waals surface area contributed by atoms with Crippen molar-refractivity contribution in [2.45, 2.75) is 46.6 Å². The van der Waals surface area contributed by atoms with E-state index in [4.69, 9.17) is 9.26 Å². The van der Waals surface area contributed by atoms with Gasteiger partial charge in [-0.1, -0.05) is 19.0 Å². The molecule has 0 fully saturated rings. The van der Waals surface area contributed by atoms with Gasteiger partial charge in [0.25, 0.3) is 5.89 Å². The zero-order valence-electron chi connectivity index (χ0n) is 10.2. The summed E-state index contributed by atoms with van der Waals surface area (Å²) in [6.07, 6.45) is 1.09. The fraction of sp³-hybridized carbons (Fsp3) is 0.727. The number of ether oxygens (including phenoxy) is 1. The van der Waals surface area contributed by atoms with Crippen molar-refractivity contribution in [3.63, 3.8) is 0 Å². The predicted octanol–water partition coefficient (Wildman–Crippen LogP) is 2.42. The van der Waals surface area contributed by atoms with E-state index in [1.54, 1.807) is 13.8 Å². The van der Waals surface area contributed by atoms with Gasteiger partial charge in [-0.25, -0.2) is 0 Å². The molecule has 1 rings (SSSR count). The summed E-state index contributed by atoms with van der Waals surface area (Å²) in [4.78, 5) is 15.7. The van der Waals surface area contributed by atoms with Crippen molar-refractivity contribution in [2.75, 3.05) is 0 Å². The fourth-order valence-corrected chi connectivity index (χ4v) is 1.42. The summed E-state index contributed by atoms with van der Waals surface area (Å²) >= 11 is 0. The van der Waals surface area contributed by atoms with Gasteiger partial charge in [0.1, 0.15) is 0 Å². The van der Waals surface area contributed by atoms with Crippen molar-refractivity contribution in [1.29, 1.82) is 0 Å². The van der Waals surface area contributed by atoms with Crippen LogP contribution >= 0.6 is 0 Å². The van der Waals surface area contributed by atoms with E-state index in [-0.39, 0.29) is 11.9 Å². The maximum absolute atomic E-state index is 11.7. The van der Waals surface area contributed by atoms with Gasteiger partial charge in [0.2, 0.25) is 0 Å². The van der Waals surface area contributed by atoms with Crippen LogP contribution in [-0.4, -0.2) is 16.1 Å². The van der Waals surface area contributed by atoms with Crippen LogP contribution in [-0.2, 0) is 9.53 Å². The van der Waals surface area contributed by atoms with Gasteiger partial charge in [-0.2, -0.15) is 4.98 Å². The van der Waals surface area contributed by atoms with Crippen LogP contribution in [0.3, 0.4) is 0 Å². The van der Waals surface area contributed by atoms with E-state index < -0.39 is 6.10 Å². The molecule has 5 nitrogen and oxygen atoms in total. The SMILES string of the molecule is CCC(CC)C(=O)OC(C)c1nc(C)no1. The minimum atomic E-state index is -0.478. The second-order valence-electron chi connectivity index (χ2n) is 3.77. The molecule has 0 N–H and O–H groups in total. The van der Waals surface area contributed by atoms with Gasteiger partial charge in [0, 0.05) is 0 Å². The first kappa shape index (κ1) is 12.7. The van der Waals surface area contributed by atoms with Crippen LogP contribution in [0.1, 0.15) is 51.4 Å². The molecular formula is C11H18N2O3. The van der Waals surface area contributed by atoms with E-state index in [1.807, 2.05) is 13.8 Å². The number of carbonyl (C=O) groups is 1. The summed E-state index contributed by atoms with van der Waals surface area (Å²) in [6, 6.07) is 0. The molecule has 5 heteroatoms. The maximum Gasteiger partial charge on any atom is 0.309 e. The summed E-state index contributed by atoms with van der Waals surface area (Å²) in [5.41, 5.74) is 0. The molecule has 1 aromatic rings. The second-order valence-corrected chi connectivity index (χ2v) is 3.77. The quantitative estimate of drug-likeness (QED) is 0.721. The second kappa shape index (κ2) is 5.63. The molecule has 1 heterocycles. The number of hydrogen-bond acceptors (Lipinski definition) is 5. The van der Waals surface area contributed by atoms with Crippen molar-refractivity contribution >= 4 is 5.97 Å². The van der Waals surface area contributed by atoms with Crippen LogP contribution in [0.2, 0.25) is 0 Å². The summed E-state index contributed by atoms with van der Waals surface area (Å²) in [6.45, 7) is 7.39. The topological polar surface area (TPSA) is 65.2 Å². The van der Waals surface area contributed by atoms with Crippen molar-refractivity contribution in [3.05, 3.63) is 11.7 Å². The third-order valence-electron chi connectivity index (χ3n) is 2.50. The lowest BCUT2D eigenvalue weighted by molar-refractivity contribution is -0.155. The number of rotatable bonds is 5. The Labute approximate surface area is 95.2 Å². The number of carbonyl (C=O) groups excluding carboxylic acids is 1. The van der Waals surface area contributed by atoms with Gasteiger partial charge >= 0.3 is 5.97 Å². The molecule has 0 spiro atoms. The largest absolute Gasteiger partial charge is 0.452 e. The Hall–Kier alpha value is -1.39. The van der Waals surface area contributed by atoms with Crippen LogP contribution in [0, 0.1) is 12.8 Å². The van der Waals surface area contributed by atoms with E-state index >= 15 is 0 Å². The van der Waals surface area contributed by atoms with E-state index in [0.717, 1.165) is 12.8 Å². The Balaban J connectivity index is 2.57. The number of esters is 1.